The lowest BCUT2D eigenvalue weighted by Crippen LogP contribution is -2.42. The molecule has 0 bridgehead atoms. The van der Waals surface area contributed by atoms with Crippen LogP contribution in [0, 0.1) is 5.92 Å². The number of nitrogens with zero attached hydrogens (tertiary/aromatic N) is 4. The van der Waals surface area contributed by atoms with Gasteiger partial charge in [0, 0.05) is 38.7 Å². The van der Waals surface area contributed by atoms with Gasteiger partial charge in [0.2, 0.25) is 0 Å². The smallest absolute Gasteiger partial charge is 0.260 e. The van der Waals surface area contributed by atoms with Crippen molar-refractivity contribution in [3.05, 3.63) is 42.7 Å². The van der Waals surface area contributed by atoms with E-state index in [1.807, 2.05) is 17.8 Å². The Bertz CT molecular complexity index is 665. The van der Waals surface area contributed by atoms with Crippen molar-refractivity contribution in [1.29, 1.82) is 0 Å². The molecule has 2 aromatic rings. The number of likely N-dealkylation sites (tertiary alicyclic amines) is 1. The number of aliphatic hydroxyl groups is 1. The third kappa shape index (κ3) is 3.73. The molecule has 1 amide bonds. The molecule has 24 heavy (non-hydrogen) atoms. The number of hydrogen-bond acceptors (Lipinski definition) is 5. The van der Waals surface area contributed by atoms with Gasteiger partial charge in [-0.05, 0) is 30.9 Å². The molecule has 3 heterocycles. The Morgan fingerprint density at radius 2 is 2.21 bits per heavy atom. The molecule has 128 valence electrons. The molecule has 1 aliphatic heterocycles. The maximum Gasteiger partial charge on any atom is 0.260 e. The maximum atomic E-state index is 12.2. The summed E-state index contributed by atoms with van der Waals surface area (Å²) in [4.78, 5) is 22.2. The Hall–Kier alpha value is -2.41. The first-order valence-electron chi connectivity index (χ1n) is 8.11. The molecule has 2 aromatic heterocycles. The summed E-state index contributed by atoms with van der Waals surface area (Å²) in [6.45, 7) is 1.26. The van der Waals surface area contributed by atoms with E-state index >= 15 is 0 Å². The second-order valence-electron chi connectivity index (χ2n) is 6.04. The second kappa shape index (κ2) is 7.44. The summed E-state index contributed by atoms with van der Waals surface area (Å²) < 4.78 is 7.29. The number of rotatable bonds is 5. The molecule has 1 fully saturated rings. The van der Waals surface area contributed by atoms with E-state index < -0.39 is 6.10 Å². The Morgan fingerprint density at radius 3 is 2.83 bits per heavy atom. The second-order valence-corrected chi connectivity index (χ2v) is 6.04. The van der Waals surface area contributed by atoms with Crippen LogP contribution < -0.4 is 4.74 Å². The molecule has 1 N–H and O–H groups in total. The van der Waals surface area contributed by atoms with E-state index in [9.17, 15) is 9.90 Å². The molecule has 0 aromatic carbocycles. The van der Waals surface area contributed by atoms with Gasteiger partial charge >= 0.3 is 0 Å². The van der Waals surface area contributed by atoms with Gasteiger partial charge < -0.3 is 19.3 Å². The maximum absolute atomic E-state index is 12.2. The Labute approximate surface area is 140 Å². The van der Waals surface area contributed by atoms with Gasteiger partial charge in [-0.1, -0.05) is 0 Å². The molecule has 3 rings (SSSR count). The number of ether oxygens (including phenoxy) is 1. The SMILES string of the molecule is Cn1ccnc1[C@@H](O)C1CCN(C(=O)COc2cccnc2)CC1. The van der Waals surface area contributed by atoms with Crippen LogP contribution in [-0.4, -0.2) is 50.1 Å². The molecule has 0 radical (unpaired) electrons. The highest BCUT2D eigenvalue weighted by molar-refractivity contribution is 5.77. The number of aromatic nitrogens is 3. The first kappa shape index (κ1) is 16.4. The third-order valence-corrected chi connectivity index (χ3v) is 4.46. The number of pyridine rings is 1. The van der Waals surface area contributed by atoms with Crippen molar-refractivity contribution in [2.45, 2.75) is 18.9 Å². The number of piperidine rings is 1. The molecular weight excluding hydrogens is 308 g/mol. The van der Waals surface area contributed by atoms with E-state index in [1.54, 1.807) is 35.6 Å². The quantitative estimate of drug-likeness (QED) is 0.890. The highest BCUT2D eigenvalue weighted by Gasteiger charge is 2.30. The van der Waals surface area contributed by atoms with Crippen LogP contribution in [0.3, 0.4) is 0 Å². The summed E-state index contributed by atoms with van der Waals surface area (Å²) in [5.41, 5.74) is 0. The van der Waals surface area contributed by atoms with E-state index in [0.29, 0.717) is 24.7 Å². The number of imidazole rings is 1. The van der Waals surface area contributed by atoms with Crippen molar-refractivity contribution in [3.8, 4) is 5.75 Å². The largest absolute Gasteiger partial charge is 0.482 e. The van der Waals surface area contributed by atoms with Gasteiger partial charge in [0.15, 0.2) is 6.61 Å². The molecule has 1 aliphatic rings. The first-order valence-corrected chi connectivity index (χ1v) is 8.11. The summed E-state index contributed by atoms with van der Waals surface area (Å²) in [6.07, 6.45) is 7.68. The van der Waals surface area contributed by atoms with Gasteiger partial charge in [0.05, 0.1) is 6.20 Å². The molecule has 1 saturated heterocycles. The highest BCUT2D eigenvalue weighted by Crippen LogP contribution is 2.29. The van der Waals surface area contributed by atoms with Crippen LogP contribution in [0.5, 0.6) is 5.75 Å². The molecule has 7 heteroatoms. The van der Waals surface area contributed by atoms with Crippen LogP contribution in [0.15, 0.2) is 36.9 Å². The van der Waals surface area contributed by atoms with Crippen LogP contribution in [0.4, 0.5) is 0 Å². The zero-order valence-corrected chi connectivity index (χ0v) is 13.7. The zero-order chi connectivity index (χ0) is 16.9. The lowest BCUT2D eigenvalue weighted by molar-refractivity contribution is -0.135. The zero-order valence-electron chi connectivity index (χ0n) is 13.7. The number of hydrogen-bond donors (Lipinski definition) is 1. The van der Waals surface area contributed by atoms with Crippen molar-refractivity contribution in [2.24, 2.45) is 13.0 Å². The number of carbonyl (C=O) groups excluding carboxylic acids is 1. The predicted octanol–water partition coefficient (Wildman–Crippen LogP) is 1.17. The van der Waals surface area contributed by atoms with Crippen LogP contribution in [0.2, 0.25) is 0 Å². The van der Waals surface area contributed by atoms with E-state index in [4.69, 9.17) is 4.74 Å². The summed E-state index contributed by atoms with van der Waals surface area (Å²) in [7, 11) is 1.87. The van der Waals surface area contributed by atoms with E-state index in [-0.39, 0.29) is 18.4 Å². The topological polar surface area (TPSA) is 80.5 Å². The first-order chi connectivity index (χ1) is 11.6. The minimum absolute atomic E-state index is 0.0122. The fourth-order valence-electron chi connectivity index (χ4n) is 3.01. The van der Waals surface area contributed by atoms with Crippen LogP contribution >= 0.6 is 0 Å². The summed E-state index contributed by atoms with van der Waals surface area (Å²) >= 11 is 0. The molecule has 0 spiro atoms. The summed E-state index contributed by atoms with van der Waals surface area (Å²) in [5, 5.41) is 10.5. The number of amides is 1. The normalized spacial score (nSPS) is 16.8. The van der Waals surface area contributed by atoms with Crippen molar-refractivity contribution < 1.29 is 14.6 Å². The van der Waals surface area contributed by atoms with Crippen molar-refractivity contribution in [2.75, 3.05) is 19.7 Å². The lowest BCUT2D eigenvalue weighted by Gasteiger charge is -2.34. The fraction of sp³-hybridized carbons (Fsp3) is 0.471. The molecule has 1 atom stereocenters. The molecular formula is C17H22N4O3. The standard InChI is InChI=1S/C17H22N4O3/c1-20-10-7-19-17(20)16(23)13-4-8-21(9-5-13)15(22)12-24-14-3-2-6-18-11-14/h2-3,6-7,10-11,13,16,23H,4-5,8-9,12H2,1H3/t16-/m0/s1. The molecule has 7 nitrogen and oxygen atoms in total. The average molecular weight is 330 g/mol. The van der Waals surface area contributed by atoms with Gasteiger partial charge in [-0.2, -0.15) is 0 Å². The van der Waals surface area contributed by atoms with Crippen molar-refractivity contribution >= 4 is 5.91 Å². The monoisotopic (exact) mass is 330 g/mol. The summed E-state index contributed by atoms with van der Waals surface area (Å²) in [5.74, 6) is 1.35. The van der Waals surface area contributed by atoms with E-state index in [0.717, 1.165) is 12.8 Å². The van der Waals surface area contributed by atoms with Crippen LogP contribution in [0.1, 0.15) is 24.8 Å². The Balaban J connectivity index is 1.48. The minimum Gasteiger partial charge on any atom is -0.482 e. The number of aryl methyl sites for hydroxylation is 1. The van der Waals surface area contributed by atoms with Gasteiger partial charge in [-0.25, -0.2) is 4.98 Å². The van der Waals surface area contributed by atoms with Crippen molar-refractivity contribution in [3.63, 3.8) is 0 Å². The molecule has 0 saturated carbocycles. The average Bonchev–Trinajstić information content (AvgIpc) is 3.06. The number of aliphatic hydroxyl groups excluding tert-OH is 1. The van der Waals surface area contributed by atoms with Crippen LogP contribution in [-0.2, 0) is 11.8 Å². The highest BCUT2D eigenvalue weighted by atomic mass is 16.5. The molecule has 0 unspecified atom stereocenters. The number of carbonyl (C=O) groups is 1. The lowest BCUT2D eigenvalue weighted by atomic mass is 9.90. The Kier molecular flexibility index (Phi) is 5.10. The predicted molar refractivity (Wildman–Crippen MR) is 87.2 cm³/mol. The van der Waals surface area contributed by atoms with E-state index in [2.05, 4.69) is 9.97 Å². The third-order valence-electron chi connectivity index (χ3n) is 4.46. The van der Waals surface area contributed by atoms with Gasteiger partial charge in [0.25, 0.3) is 5.91 Å². The van der Waals surface area contributed by atoms with Crippen LogP contribution in [0.25, 0.3) is 0 Å². The Morgan fingerprint density at radius 1 is 1.42 bits per heavy atom. The van der Waals surface area contributed by atoms with Crippen molar-refractivity contribution in [1.82, 2.24) is 19.4 Å². The van der Waals surface area contributed by atoms with Gasteiger partial charge in [-0.3, -0.25) is 9.78 Å². The molecule has 0 aliphatic carbocycles. The van der Waals surface area contributed by atoms with E-state index in [1.165, 1.54) is 0 Å². The summed E-state index contributed by atoms with van der Waals surface area (Å²) in [6, 6.07) is 3.54. The minimum atomic E-state index is -0.589. The fourth-order valence-corrected chi connectivity index (χ4v) is 3.01. The van der Waals surface area contributed by atoms with Gasteiger partial charge in [-0.15, -0.1) is 0 Å². The van der Waals surface area contributed by atoms with Gasteiger partial charge in [0.1, 0.15) is 17.7 Å².